The van der Waals surface area contributed by atoms with Gasteiger partial charge in [-0.15, -0.1) is 0 Å². The van der Waals surface area contributed by atoms with Crippen molar-refractivity contribution in [3.63, 3.8) is 0 Å². The van der Waals surface area contributed by atoms with Crippen molar-refractivity contribution in [2.45, 2.75) is 6.04 Å². The first kappa shape index (κ1) is 22.1. The number of amides is 1. The maximum absolute atomic E-state index is 13.7. The van der Waals surface area contributed by atoms with Crippen LogP contribution in [0.4, 0.5) is 4.39 Å². The molecule has 10 heteroatoms. The predicted molar refractivity (Wildman–Crippen MR) is 111 cm³/mol. The van der Waals surface area contributed by atoms with E-state index in [1.807, 2.05) is 0 Å². The molecule has 0 spiro atoms. The SMILES string of the molecule is COC(=O)C(CO)NC(=O)c1cc(-c2ccc(Cl)cc2)nn(-c2cccc(F)c2)c1=O. The van der Waals surface area contributed by atoms with Crippen molar-refractivity contribution in [2.24, 2.45) is 0 Å². The summed E-state index contributed by atoms with van der Waals surface area (Å²) in [5.74, 6) is -2.41. The molecule has 1 heterocycles. The number of aromatic nitrogens is 2. The number of aliphatic hydroxyl groups excluding tert-OH is 1. The Morgan fingerprint density at radius 3 is 2.55 bits per heavy atom. The molecule has 2 N–H and O–H groups in total. The van der Waals surface area contributed by atoms with Gasteiger partial charge in [-0.05, 0) is 36.4 Å². The summed E-state index contributed by atoms with van der Waals surface area (Å²) in [5.41, 5.74) is -0.352. The van der Waals surface area contributed by atoms with Crippen molar-refractivity contribution in [2.75, 3.05) is 13.7 Å². The Labute approximate surface area is 180 Å². The molecule has 8 nitrogen and oxygen atoms in total. The number of nitrogens with zero attached hydrogens (tertiary/aromatic N) is 2. The molecule has 3 rings (SSSR count). The molecule has 0 saturated carbocycles. The Morgan fingerprint density at radius 2 is 1.94 bits per heavy atom. The van der Waals surface area contributed by atoms with E-state index in [0.717, 1.165) is 17.9 Å². The summed E-state index contributed by atoms with van der Waals surface area (Å²) >= 11 is 5.92. The molecule has 31 heavy (non-hydrogen) atoms. The molecule has 0 radical (unpaired) electrons. The molecule has 160 valence electrons. The van der Waals surface area contributed by atoms with E-state index in [1.165, 1.54) is 24.3 Å². The van der Waals surface area contributed by atoms with Crippen molar-refractivity contribution in [1.29, 1.82) is 0 Å². The van der Waals surface area contributed by atoms with Gasteiger partial charge in [-0.2, -0.15) is 9.78 Å². The number of carbonyl (C=O) groups is 2. The van der Waals surface area contributed by atoms with E-state index >= 15 is 0 Å². The molecule has 0 bridgehead atoms. The third-order valence-electron chi connectivity index (χ3n) is 4.32. The third-order valence-corrected chi connectivity index (χ3v) is 4.57. The van der Waals surface area contributed by atoms with Gasteiger partial charge in [0.15, 0.2) is 6.04 Å². The Morgan fingerprint density at radius 1 is 1.23 bits per heavy atom. The van der Waals surface area contributed by atoms with Crippen LogP contribution >= 0.6 is 11.6 Å². The van der Waals surface area contributed by atoms with Crippen LogP contribution in [-0.2, 0) is 9.53 Å². The van der Waals surface area contributed by atoms with E-state index in [4.69, 9.17) is 11.6 Å². The minimum atomic E-state index is -1.37. The molecule has 1 amide bonds. The van der Waals surface area contributed by atoms with Crippen LogP contribution in [0.5, 0.6) is 0 Å². The second kappa shape index (κ2) is 9.50. The Balaban J connectivity index is 2.15. The number of methoxy groups -OCH3 is 1. The number of carbonyl (C=O) groups excluding carboxylic acids is 2. The highest BCUT2D eigenvalue weighted by Gasteiger charge is 2.24. The largest absolute Gasteiger partial charge is 0.467 e. The smallest absolute Gasteiger partial charge is 0.330 e. The lowest BCUT2D eigenvalue weighted by molar-refractivity contribution is -0.143. The normalized spacial score (nSPS) is 11.6. The fourth-order valence-corrected chi connectivity index (χ4v) is 2.89. The maximum Gasteiger partial charge on any atom is 0.330 e. The lowest BCUT2D eigenvalue weighted by Crippen LogP contribution is -2.46. The summed E-state index contributed by atoms with van der Waals surface area (Å²) in [6, 6.07) is 11.5. The van der Waals surface area contributed by atoms with Crippen LogP contribution in [0.1, 0.15) is 10.4 Å². The number of esters is 1. The molecule has 1 aromatic heterocycles. The van der Waals surface area contributed by atoms with Crippen LogP contribution in [-0.4, -0.2) is 46.5 Å². The minimum absolute atomic E-state index is 0.0986. The monoisotopic (exact) mass is 445 g/mol. The van der Waals surface area contributed by atoms with E-state index in [2.05, 4.69) is 15.2 Å². The third kappa shape index (κ3) is 4.96. The van der Waals surface area contributed by atoms with Crippen LogP contribution in [0.25, 0.3) is 16.9 Å². The molecule has 0 aliphatic rings. The molecular weight excluding hydrogens is 429 g/mol. The van der Waals surface area contributed by atoms with Crippen molar-refractivity contribution in [1.82, 2.24) is 15.1 Å². The van der Waals surface area contributed by atoms with E-state index < -0.39 is 35.9 Å². The topological polar surface area (TPSA) is 111 Å². The highest BCUT2D eigenvalue weighted by Crippen LogP contribution is 2.20. The van der Waals surface area contributed by atoms with E-state index in [1.54, 1.807) is 24.3 Å². The van der Waals surface area contributed by atoms with Gasteiger partial charge in [0.05, 0.1) is 25.1 Å². The number of benzene rings is 2. The fourth-order valence-electron chi connectivity index (χ4n) is 2.76. The van der Waals surface area contributed by atoms with Gasteiger partial charge >= 0.3 is 5.97 Å². The van der Waals surface area contributed by atoms with E-state index in [-0.39, 0.29) is 16.9 Å². The van der Waals surface area contributed by atoms with Crippen molar-refractivity contribution >= 4 is 23.5 Å². The van der Waals surface area contributed by atoms with Gasteiger partial charge in [0, 0.05) is 10.6 Å². The van der Waals surface area contributed by atoms with Gasteiger partial charge in [-0.3, -0.25) is 9.59 Å². The minimum Gasteiger partial charge on any atom is -0.467 e. The number of halogens is 2. The van der Waals surface area contributed by atoms with Crippen LogP contribution in [0.2, 0.25) is 5.02 Å². The van der Waals surface area contributed by atoms with Crippen LogP contribution in [0.3, 0.4) is 0 Å². The Kier molecular flexibility index (Phi) is 6.78. The van der Waals surface area contributed by atoms with Gasteiger partial charge in [0.2, 0.25) is 0 Å². The Bertz CT molecular complexity index is 1180. The van der Waals surface area contributed by atoms with Gasteiger partial charge in [0.25, 0.3) is 11.5 Å². The van der Waals surface area contributed by atoms with Gasteiger partial charge in [-0.25, -0.2) is 9.18 Å². The zero-order valence-corrected chi connectivity index (χ0v) is 17.0. The summed E-state index contributed by atoms with van der Waals surface area (Å²) in [5, 5.41) is 16.3. The molecular formula is C21H17ClFN3O5. The van der Waals surface area contributed by atoms with E-state index in [9.17, 15) is 23.9 Å². The first-order valence-electron chi connectivity index (χ1n) is 9.00. The molecule has 1 atom stereocenters. The number of rotatable bonds is 6. The summed E-state index contributed by atoms with van der Waals surface area (Å²) in [6.07, 6.45) is 0. The average Bonchev–Trinajstić information content (AvgIpc) is 2.77. The van der Waals surface area contributed by atoms with E-state index in [0.29, 0.717) is 10.6 Å². The summed E-state index contributed by atoms with van der Waals surface area (Å²) < 4.78 is 19.1. The highest BCUT2D eigenvalue weighted by molar-refractivity contribution is 6.30. The lowest BCUT2D eigenvalue weighted by atomic mass is 10.1. The van der Waals surface area contributed by atoms with Crippen molar-refractivity contribution in [3.05, 3.63) is 81.4 Å². The summed E-state index contributed by atoms with van der Waals surface area (Å²) in [4.78, 5) is 37.5. The number of aliphatic hydroxyl groups is 1. The molecule has 3 aromatic rings. The zero-order chi connectivity index (χ0) is 22.5. The first-order chi connectivity index (χ1) is 14.8. The quantitative estimate of drug-likeness (QED) is 0.561. The summed E-state index contributed by atoms with van der Waals surface area (Å²) in [6.45, 7) is -0.731. The average molecular weight is 446 g/mol. The zero-order valence-electron chi connectivity index (χ0n) is 16.2. The molecule has 2 aromatic carbocycles. The lowest BCUT2D eigenvalue weighted by Gasteiger charge is -2.15. The number of hydrogen-bond donors (Lipinski definition) is 2. The fraction of sp³-hybridized carbons (Fsp3) is 0.143. The van der Waals surface area contributed by atoms with Crippen LogP contribution in [0, 0.1) is 5.82 Å². The molecule has 0 aliphatic heterocycles. The standard InChI is InChI=1S/C21H17ClFN3O5/c1-31-21(30)18(11-27)24-19(28)16-10-17(12-5-7-13(22)8-6-12)25-26(20(16)29)15-4-2-3-14(23)9-15/h2-10,18,27H,11H2,1H3,(H,24,28). The van der Waals surface area contributed by atoms with Gasteiger partial charge in [0.1, 0.15) is 11.4 Å². The first-order valence-corrected chi connectivity index (χ1v) is 9.37. The predicted octanol–water partition coefficient (Wildman–Crippen LogP) is 1.96. The molecule has 0 fully saturated rings. The second-order valence-corrected chi connectivity index (χ2v) is 6.82. The number of hydrogen-bond acceptors (Lipinski definition) is 6. The summed E-state index contributed by atoms with van der Waals surface area (Å²) in [7, 11) is 1.10. The highest BCUT2D eigenvalue weighted by atomic mass is 35.5. The molecule has 0 aliphatic carbocycles. The number of ether oxygens (including phenoxy) is 1. The maximum atomic E-state index is 13.7. The van der Waals surface area contributed by atoms with Crippen molar-refractivity contribution in [3.8, 4) is 16.9 Å². The van der Waals surface area contributed by atoms with Crippen LogP contribution < -0.4 is 10.9 Å². The number of nitrogens with one attached hydrogen (secondary N) is 1. The molecule has 1 unspecified atom stereocenters. The Hall–Kier alpha value is -3.56. The molecule has 0 saturated heterocycles. The van der Waals surface area contributed by atoms with Crippen molar-refractivity contribution < 1.29 is 23.8 Å². The van der Waals surface area contributed by atoms with Crippen LogP contribution in [0.15, 0.2) is 59.4 Å². The van der Waals surface area contributed by atoms with Gasteiger partial charge < -0.3 is 15.2 Å². The second-order valence-electron chi connectivity index (χ2n) is 6.38. The van der Waals surface area contributed by atoms with Gasteiger partial charge in [-0.1, -0.05) is 29.8 Å².